The third-order valence-electron chi connectivity index (χ3n) is 5.06. The molecule has 1 aliphatic heterocycles. The van der Waals surface area contributed by atoms with Gasteiger partial charge in [-0.25, -0.2) is 9.37 Å². The van der Waals surface area contributed by atoms with Gasteiger partial charge in [-0.1, -0.05) is 6.07 Å². The maximum absolute atomic E-state index is 14.2. The van der Waals surface area contributed by atoms with Crippen LogP contribution in [0, 0.1) is 19.7 Å². The highest BCUT2D eigenvalue weighted by atomic mass is 32.1. The molecule has 3 aromatic rings. The fraction of sp³-hybridized carbons (Fsp3) is 0.182. The van der Waals surface area contributed by atoms with Crippen LogP contribution < -0.4 is 9.64 Å². The molecule has 1 fully saturated rings. The maximum Gasteiger partial charge on any atom is 0.301 e. The number of thiazole rings is 1. The highest BCUT2D eigenvalue weighted by Gasteiger charge is 2.48. The van der Waals surface area contributed by atoms with Crippen LogP contribution in [0.15, 0.2) is 48.2 Å². The topological polar surface area (TPSA) is 92.6 Å². The van der Waals surface area contributed by atoms with Gasteiger partial charge in [0.15, 0.2) is 16.7 Å². The molecule has 4 rings (SSSR count). The van der Waals surface area contributed by atoms with Crippen molar-refractivity contribution in [2.75, 3.05) is 12.0 Å². The minimum atomic E-state index is -1.00. The molecule has 1 amide bonds. The Morgan fingerprint density at radius 2 is 2.00 bits per heavy atom. The van der Waals surface area contributed by atoms with Gasteiger partial charge < -0.3 is 9.84 Å². The summed E-state index contributed by atoms with van der Waals surface area (Å²) in [7, 11) is 1.32. The Hall–Kier alpha value is -3.59. The number of aryl methyl sites for hydroxylation is 2. The number of rotatable bonds is 4. The normalized spacial score (nSPS) is 17.9. The summed E-state index contributed by atoms with van der Waals surface area (Å²) in [5.41, 5.74) is 0.976. The van der Waals surface area contributed by atoms with E-state index in [-0.39, 0.29) is 16.9 Å². The first kappa shape index (κ1) is 20.7. The van der Waals surface area contributed by atoms with Crippen LogP contribution in [-0.4, -0.2) is 33.9 Å². The van der Waals surface area contributed by atoms with E-state index in [1.807, 2.05) is 13.8 Å². The summed E-state index contributed by atoms with van der Waals surface area (Å²) in [4.78, 5) is 36.9. The van der Waals surface area contributed by atoms with Crippen molar-refractivity contribution in [1.29, 1.82) is 0 Å². The van der Waals surface area contributed by atoms with Crippen molar-refractivity contribution in [3.63, 3.8) is 0 Å². The summed E-state index contributed by atoms with van der Waals surface area (Å²) in [6.07, 6.45) is 1.53. The Morgan fingerprint density at radius 1 is 1.23 bits per heavy atom. The van der Waals surface area contributed by atoms with Gasteiger partial charge in [-0.05, 0) is 44.2 Å². The second kappa shape index (κ2) is 7.92. The number of ketones is 1. The molecule has 1 atom stereocenters. The van der Waals surface area contributed by atoms with E-state index in [1.165, 1.54) is 41.7 Å². The summed E-state index contributed by atoms with van der Waals surface area (Å²) < 4.78 is 19.1. The number of aliphatic hydroxyl groups excluding tert-OH is 1. The molecule has 3 heterocycles. The van der Waals surface area contributed by atoms with Crippen LogP contribution in [0.2, 0.25) is 0 Å². The van der Waals surface area contributed by atoms with Gasteiger partial charge in [0, 0.05) is 16.6 Å². The first-order chi connectivity index (χ1) is 14.8. The van der Waals surface area contributed by atoms with Gasteiger partial charge in [-0.15, -0.1) is 11.3 Å². The largest absolute Gasteiger partial charge is 0.507 e. The van der Waals surface area contributed by atoms with Gasteiger partial charge in [0.2, 0.25) is 0 Å². The molecule has 1 N–H and O–H groups in total. The summed E-state index contributed by atoms with van der Waals surface area (Å²) in [6.45, 7) is 3.67. The van der Waals surface area contributed by atoms with Crippen molar-refractivity contribution in [3.8, 4) is 5.75 Å². The van der Waals surface area contributed by atoms with Crippen molar-refractivity contribution in [1.82, 2.24) is 9.97 Å². The fourth-order valence-corrected chi connectivity index (χ4v) is 4.31. The number of methoxy groups -OCH3 is 1. The van der Waals surface area contributed by atoms with Crippen molar-refractivity contribution >= 4 is 33.9 Å². The Morgan fingerprint density at radius 3 is 2.58 bits per heavy atom. The molecular weight excluding hydrogens is 421 g/mol. The zero-order valence-electron chi connectivity index (χ0n) is 16.9. The number of anilines is 1. The number of hydrogen-bond donors (Lipinski definition) is 1. The Kier molecular flexibility index (Phi) is 5.28. The van der Waals surface area contributed by atoms with E-state index in [2.05, 4.69) is 9.97 Å². The van der Waals surface area contributed by atoms with Gasteiger partial charge in [-0.2, -0.15) is 0 Å². The number of pyridine rings is 1. The first-order valence-corrected chi connectivity index (χ1v) is 10.1. The maximum atomic E-state index is 14.2. The molecule has 31 heavy (non-hydrogen) atoms. The summed E-state index contributed by atoms with van der Waals surface area (Å²) >= 11 is 1.27. The lowest BCUT2D eigenvalue weighted by atomic mass is 9.98. The number of aliphatic hydroxyl groups is 1. The number of amides is 1. The molecule has 7 nitrogen and oxygen atoms in total. The second-order valence-electron chi connectivity index (χ2n) is 6.91. The number of benzene rings is 1. The highest BCUT2D eigenvalue weighted by Crippen LogP contribution is 2.43. The van der Waals surface area contributed by atoms with E-state index in [4.69, 9.17) is 4.74 Å². The number of carbonyl (C=O) groups is 2. The van der Waals surface area contributed by atoms with E-state index in [9.17, 15) is 19.1 Å². The average Bonchev–Trinajstić information content (AvgIpc) is 3.23. The van der Waals surface area contributed by atoms with Crippen LogP contribution in [0.3, 0.4) is 0 Å². The van der Waals surface area contributed by atoms with Gasteiger partial charge in [-0.3, -0.25) is 19.5 Å². The van der Waals surface area contributed by atoms with Crippen LogP contribution in [-0.2, 0) is 9.59 Å². The van der Waals surface area contributed by atoms with E-state index in [0.717, 1.165) is 16.6 Å². The van der Waals surface area contributed by atoms with Gasteiger partial charge in [0.05, 0.1) is 24.1 Å². The summed E-state index contributed by atoms with van der Waals surface area (Å²) in [5, 5.41) is 11.3. The standard InChI is InChI=1S/C22H18FN3O4S/c1-11-12(2)31-22(25-11)26-18(15-6-4-5-9-24-15)17(20(28)21(26)29)19(27)13-7-8-16(30-3)14(23)10-13/h4-10,18,27H,1-3H3/b19-17+/t18-/m1/s1. The van der Waals surface area contributed by atoms with E-state index in [1.54, 1.807) is 18.2 Å². The molecule has 1 aliphatic rings. The minimum Gasteiger partial charge on any atom is -0.507 e. The minimum absolute atomic E-state index is 0.00740. The Balaban J connectivity index is 1.93. The summed E-state index contributed by atoms with van der Waals surface area (Å²) in [5.74, 6) is -2.94. The van der Waals surface area contributed by atoms with Crippen molar-refractivity contribution in [3.05, 3.63) is 75.8 Å². The lowest BCUT2D eigenvalue weighted by Gasteiger charge is -2.22. The number of aromatic nitrogens is 2. The van der Waals surface area contributed by atoms with Crippen molar-refractivity contribution < 1.29 is 23.8 Å². The number of hydrogen-bond acceptors (Lipinski definition) is 7. The zero-order valence-corrected chi connectivity index (χ0v) is 17.7. The molecule has 0 bridgehead atoms. The van der Waals surface area contributed by atoms with E-state index in [0.29, 0.717) is 10.8 Å². The lowest BCUT2D eigenvalue weighted by Crippen LogP contribution is -2.29. The monoisotopic (exact) mass is 439 g/mol. The van der Waals surface area contributed by atoms with Crippen LogP contribution in [0.1, 0.15) is 27.9 Å². The Labute approximate surface area is 181 Å². The third-order valence-corrected chi connectivity index (χ3v) is 6.13. The van der Waals surface area contributed by atoms with Crippen LogP contribution in [0.4, 0.5) is 9.52 Å². The van der Waals surface area contributed by atoms with Crippen LogP contribution in [0.25, 0.3) is 5.76 Å². The predicted molar refractivity (Wildman–Crippen MR) is 114 cm³/mol. The molecule has 0 unspecified atom stereocenters. The first-order valence-electron chi connectivity index (χ1n) is 9.33. The number of halogens is 1. The number of nitrogens with zero attached hydrogens (tertiary/aromatic N) is 3. The van der Waals surface area contributed by atoms with Gasteiger partial charge >= 0.3 is 5.91 Å². The average molecular weight is 439 g/mol. The lowest BCUT2D eigenvalue weighted by molar-refractivity contribution is -0.132. The number of ether oxygens (including phenoxy) is 1. The van der Waals surface area contributed by atoms with E-state index < -0.39 is 29.3 Å². The quantitative estimate of drug-likeness (QED) is 0.376. The Bertz CT molecular complexity index is 1200. The van der Waals surface area contributed by atoms with Crippen LogP contribution in [0.5, 0.6) is 5.75 Å². The van der Waals surface area contributed by atoms with Crippen molar-refractivity contribution in [2.45, 2.75) is 19.9 Å². The molecule has 158 valence electrons. The third kappa shape index (κ3) is 3.46. The van der Waals surface area contributed by atoms with Crippen molar-refractivity contribution in [2.24, 2.45) is 0 Å². The molecule has 0 saturated carbocycles. The molecule has 0 spiro atoms. The van der Waals surface area contributed by atoms with Gasteiger partial charge in [0.25, 0.3) is 5.78 Å². The molecule has 1 saturated heterocycles. The van der Waals surface area contributed by atoms with E-state index >= 15 is 0 Å². The predicted octanol–water partition coefficient (Wildman–Crippen LogP) is 3.93. The van der Waals surface area contributed by atoms with Crippen LogP contribution >= 0.6 is 11.3 Å². The smallest absolute Gasteiger partial charge is 0.301 e. The zero-order chi connectivity index (χ0) is 22.3. The molecule has 1 aromatic carbocycles. The number of carbonyl (C=O) groups excluding carboxylic acids is 2. The van der Waals surface area contributed by atoms with Gasteiger partial charge in [0.1, 0.15) is 11.8 Å². The summed E-state index contributed by atoms with van der Waals surface area (Å²) in [6, 6.07) is 7.87. The molecule has 9 heteroatoms. The molecule has 0 radical (unpaired) electrons. The molecule has 0 aliphatic carbocycles. The second-order valence-corrected chi connectivity index (χ2v) is 8.09. The molecule has 2 aromatic heterocycles. The number of Topliss-reactive ketones (excluding diaryl/α,β-unsaturated/α-hetero) is 1. The SMILES string of the molecule is COc1ccc(/C(O)=C2\C(=O)C(=O)N(c3nc(C)c(C)s3)[C@@H]2c2ccccn2)cc1F. The highest BCUT2D eigenvalue weighted by molar-refractivity contribution is 7.16. The molecular formula is C22H18FN3O4S. The fourth-order valence-electron chi connectivity index (χ4n) is 3.38.